The van der Waals surface area contributed by atoms with Crippen molar-refractivity contribution in [3.05, 3.63) is 29.3 Å². The average molecular weight is 264 g/mol. The molecule has 0 radical (unpaired) electrons. The van der Waals surface area contributed by atoms with E-state index in [4.69, 9.17) is 15.9 Å². The molecule has 18 heavy (non-hydrogen) atoms. The zero-order chi connectivity index (χ0) is 13.9. The molecule has 0 amide bonds. The van der Waals surface area contributed by atoms with Crippen molar-refractivity contribution in [1.82, 2.24) is 0 Å². The van der Waals surface area contributed by atoms with Gasteiger partial charge in [-0.25, -0.2) is 8.78 Å². The molecule has 7 heteroatoms. The highest BCUT2D eigenvalue weighted by molar-refractivity contribution is 5.98. The fraction of sp³-hybridized carbons (Fsp3) is 0.364. The van der Waals surface area contributed by atoms with E-state index in [1.807, 2.05) is 0 Å². The summed E-state index contributed by atoms with van der Waals surface area (Å²) in [6.07, 6.45) is -3.80. The van der Waals surface area contributed by atoms with Crippen molar-refractivity contribution < 1.29 is 22.3 Å². The van der Waals surface area contributed by atoms with Crippen LogP contribution in [0.15, 0.2) is 18.2 Å². The zero-order valence-electron chi connectivity index (χ0n) is 9.51. The Morgan fingerprint density at radius 1 is 1.44 bits per heavy atom. The fourth-order valence-corrected chi connectivity index (χ4v) is 1.29. The molecule has 100 valence electrons. The smallest absolute Gasteiger partial charge is 0.340 e. The van der Waals surface area contributed by atoms with Gasteiger partial charge in [-0.3, -0.25) is 5.41 Å². The summed E-state index contributed by atoms with van der Waals surface area (Å²) in [5.41, 5.74) is 5.79. The van der Waals surface area contributed by atoms with Crippen LogP contribution in [0.1, 0.15) is 11.1 Å². The average Bonchev–Trinajstić information content (AvgIpc) is 2.26. The van der Waals surface area contributed by atoms with Crippen molar-refractivity contribution >= 4 is 5.84 Å². The molecule has 0 aliphatic rings. The summed E-state index contributed by atoms with van der Waals surface area (Å²) in [6, 6.07) is 4.50. The van der Waals surface area contributed by atoms with Crippen LogP contribution < -0.4 is 10.5 Å². The van der Waals surface area contributed by atoms with E-state index in [2.05, 4.69) is 0 Å². The lowest BCUT2D eigenvalue weighted by atomic mass is 10.1. The molecule has 1 aromatic carbocycles. The summed E-state index contributed by atoms with van der Waals surface area (Å²) in [5, 5.41) is 7.25. The Bertz CT molecular complexity index is 449. The van der Waals surface area contributed by atoms with Crippen molar-refractivity contribution in [3.63, 3.8) is 0 Å². The fourth-order valence-electron chi connectivity index (χ4n) is 1.29. The van der Waals surface area contributed by atoms with Gasteiger partial charge in [0.2, 0.25) is 0 Å². The number of hydrogen-bond donors (Lipinski definition) is 2. The monoisotopic (exact) mass is 264 g/mol. The predicted molar refractivity (Wildman–Crippen MR) is 58.6 cm³/mol. The molecule has 1 rings (SSSR count). The van der Waals surface area contributed by atoms with E-state index in [0.717, 1.165) is 0 Å². The minimum atomic E-state index is -4.24. The van der Waals surface area contributed by atoms with Crippen molar-refractivity contribution in [2.75, 3.05) is 6.61 Å². The topological polar surface area (TPSA) is 59.1 Å². The molecule has 0 aliphatic carbocycles. The standard InChI is InChI=1S/C11H12F4N2O/c1-6-3-2-4-7(9(16)17)8(6)18-5-11(14,15)10(12)13/h2-4,10H,5H2,1H3,(H3,16,17). The summed E-state index contributed by atoms with van der Waals surface area (Å²) < 4.78 is 54.1. The largest absolute Gasteiger partial charge is 0.486 e. The quantitative estimate of drug-likeness (QED) is 0.488. The number of alkyl halides is 4. The molecule has 0 saturated heterocycles. The Morgan fingerprint density at radius 2 is 2.06 bits per heavy atom. The number of para-hydroxylation sites is 1. The number of ether oxygens (including phenoxy) is 1. The van der Waals surface area contributed by atoms with Crippen LogP contribution in [0.3, 0.4) is 0 Å². The highest BCUT2D eigenvalue weighted by Crippen LogP contribution is 2.28. The molecule has 0 aromatic heterocycles. The lowest BCUT2D eigenvalue weighted by Gasteiger charge is -2.18. The van der Waals surface area contributed by atoms with Gasteiger partial charge >= 0.3 is 12.3 Å². The third-order valence-corrected chi connectivity index (χ3v) is 2.23. The number of hydrogen-bond acceptors (Lipinski definition) is 2. The molecule has 0 spiro atoms. The number of nitrogens with two attached hydrogens (primary N) is 1. The normalized spacial score (nSPS) is 11.7. The van der Waals surface area contributed by atoms with E-state index < -0.39 is 19.0 Å². The number of halogens is 4. The Labute approximate surface area is 101 Å². The second-order valence-electron chi connectivity index (χ2n) is 3.72. The summed E-state index contributed by atoms with van der Waals surface area (Å²) in [4.78, 5) is 0. The first kappa shape index (κ1) is 14.3. The Morgan fingerprint density at radius 3 is 2.56 bits per heavy atom. The van der Waals surface area contributed by atoms with Crippen LogP contribution >= 0.6 is 0 Å². The van der Waals surface area contributed by atoms with E-state index in [-0.39, 0.29) is 17.1 Å². The maximum Gasteiger partial charge on any atom is 0.340 e. The first-order valence-corrected chi connectivity index (χ1v) is 4.98. The van der Waals surface area contributed by atoms with Crippen LogP contribution in [0.5, 0.6) is 5.75 Å². The number of nitrogens with one attached hydrogen (secondary N) is 1. The minimum absolute atomic E-state index is 0.0784. The van der Waals surface area contributed by atoms with Gasteiger partial charge < -0.3 is 10.5 Å². The molecular formula is C11H12F4N2O. The van der Waals surface area contributed by atoms with Crippen molar-refractivity contribution in [3.8, 4) is 5.75 Å². The molecule has 0 saturated carbocycles. The number of rotatable bonds is 5. The van der Waals surface area contributed by atoms with E-state index in [9.17, 15) is 17.6 Å². The molecule has 0 atom stereocenters. The highest BCUT2D eigenvalue weighted by Gasteiger charge is 2.42. The van der Waals surface area contributed by atoms with E-state index in [0.29, 0.717) is 5.56 Å². The van der Waals surface area contributed by atoms with Gasteiger partial charge in [0, 0.05) is 0 Å². The summed E-state index contributed by atoms with van der Waals surface area (Å²) in [7, 11) is 0. The summed E-state index contributed by atoms with van der Waals surface area (Å²) in [6.45, 7) is 0.0814. The number of nitrogen functional groups attached to an aromatic ring is 1. The molecule has 1 aromatic rings. The second-order valence-corrected chi connectivity index (χ2v) is 3.72. The van der Waals surface area contributed by atoms with Crippen LogP contribution in [0, 0.1) is 12.3 Å². The van der Waals surface area contributed by atoms with Crippen LogP contribution in [-0.4, -0.2) is 24.8 Å². The third kappa shape index (κ3) is 3.12. The molecule has 0 heterocycles. The van der Waals surface area contributed by atoms with Crippen molar-refractivity contribution in [2.45, 2.75) is 19.3 Å². The SMILES string of the molecule is Cc1cccc(C(=N)N)c1OCC(F)(F)C(F)F. The third-order valence-electron chi connectivity index (χ3n) is 2.23. The molecule has 0 aliphatic heterocycles. The predicted octanol–water partition coefficient (Wildman–Crippen LogP) is 2.56. The van der Waals surface area contributed by atoms with Gasteiger partial charge in [-0.15, -0.1) is 0 Å². The van der Waals surface area contributed by atoms with Gasteiger partial charge in [0.1, 0.15) is 11.6 Å². The summed E-state index contributed by atoms with van der Waals surface area (Å²) in [5.74, 6) is -4.70. The van der Waals surface area contributed by atoms with Gasteiger partial charge in [0.25, 0.3) is 0 Å². The van der Waals surface area contributed by atoms with Crippen LogP contribution in [0.4, 0.5) is 17.6 Å². The van der Waals surface area contributed by atoms with E-state index in [1.54, 1.807) is 19.1 Å². The number of aryl methyl sites for hydroxylation is 1. The second kappa shape index (κ2) is 5.24. The van der Waals surface area contributed by atoms with Crippen LogP contribution in [-0.2, 0) is 0 Å². The Hall–Kier alpha value is -1.79. The van der Waals surface area contributed by atoms with Gasteiger partial charge in [-0.2, -0.15) is 8.78 Å². The van der Waals surface area contributed by atoms with E-state index >= 15 is 0 Å². The highest BCUT2D eigenvalue weighted by atomic mass is 19.3. The van der Waals surface area contributed by atoms with Gasteiger partial charge in [-0.1, -0.05) is 12.1 Å². The first-order valence-electron chi connectivity index (χ1n) is 4.98. The van der Waals surface area contributed by atoms with Gasteiger partial charge in [-0.05, 0) is 18.6 Å². The number of amidine groups is 1. The lowest BCUT2D eigenvalue weighted by molar-refractivity contribution is -0.148. The molecule has 0 fully saturated rings. The molecule has 3 N–H and O–H groups in total. The first-order chi connectivity index (χ1) is 8.25. The maximum atomic E-state index is 12.7. The maximum absolute atomic E-state index is 12.7. The van der Waals surface area contributed by atoms with Crippen LogP contribution in [0.2, 0.25) is 0 Å². The molecule has 3 nitrogen and oxygen atoms in total. The molecule has 0 unspecified atom stereocenters. The van der Waals surface area contributed by atoms with Crippen molar-refractivity contribution in [2.24, 2.45) is 5.73 Å². The van der Waals surface area contributed by atoms with E-state index in [1.165, 1.54) is 6.07 Å². The Kier molecular flexibility index (Phi) is 4.15. The Balaban J connectivity index is 2.95. The molecule has 0 bridgehead atoms. The van der Waals surface area contributed by atoms with Crippen molar-refractivity contribution in [1.29, 1.82) is 5.41 Å². The zero-order valence-corrected chi connectivity index (χ0v) is 9.51. The van der Waals surface area contributed by atoms with Gasteiger partial charge in [0.15, 0.2) is 6.61 Å². The summed E-state index contributed by atoms with van der Waals surface area (Å²) >= 11 is 0. The lowest BCUT2D eigenvalue weighted by Crippen LogP contribution is -2.34. The molecular weight excluding hydrogens is 252 g/mol. The number of benzene rings is 1. The minimum Gasteiger partial charge on any atom is -0.486 e. The van der Waals surface area contributed by atoms with Gasteiger partial charge in [0.05, 0.1) is 5.56 Å². The van der Waals surface area contributed by atoms with Crippen LogP contribution in [0.25, 0.3) is 0 Å².